The highest BCUT2D eigenvalue weighted by Gasteiger charge is 2.38. The van der Waals surface area contributed by atoms with Gasteiger partial charge in [0.1, 0.15) is 5.56 Å². The maximum Gasteiger partial charge on any atom is 0.423 e. The third-order valence-electron chi connectivity index (χ3n) is 2.81. The zero-order valence-electron chi connectivity index (χ0n) is 11.1. The van der Waals surface area contributed by atoms with E-state index in [9.17, 15) is 28.1 Å². The van der Waals surface area contributed by atoms with Crippen molar-refractivity contribution < 1.29 is 28.0 Å². The number of halogens is 3. The number of rotatable bonds is 6. The Hall–Kier alpha value is -2.32. The van der Waals surface area contributed by atoms with Crippen molar-refractivity contribution in [2.24, 2.45) is 0 Å². The number of hydrogen-bond acceptors (Lipinski definition) is 4. The molecule has 0 aromatic heterocycles. The quantitative estimate of drug-likeness (QED) is 0.645. The molecule has 9 heteroatoms. The Kier molecular flexibility index (Phi) is 5.12. The fourth-order valence-corrected chi connectivity index (χ4v) is 1.74. The van der Waals surface area contributed by atoms with E-state index in [1.165, 1.54) is 18.0 Å². The van der Waals surface area contributed by atoms with Crippen LogP contribution in [0.15, 0.2) is 18.2 Å². The first-order valence-corrected chi connectivity index (χ1v) is 5.91. The van der Waals surface area contributed by atoms with Crippen LogP contribution in [0.2, 0.25) is 0 Å². The highest BCUT2D eigenvalue weighted by molar-refractivity contribution is 5.66. The molecule has 0 saturated carbocycles. The first-order valence-electron chi connectivity index (χ1n) is 5.91. The van der Waals surface area contributed by atoms with Gasteiger partial charge >= 0.3 is 12.1 Å². The van der Waals surface area contributed by atoms with E-state index in [-0.39, 0.29) is 25.1 Å². The average molecular weight is 306 g/mol. The number of carboxylic acid groups (broad SMARTS) is 1. The fourth-order valence-electron chi connectivity index (χ4n) is 1.74. The summed E-state index contributed by atoms with van der Waals surface area (Å²) in [4.78, 5) is 21.3. The molecule has 6 nitrogen and oxygen atoms in total. The molecule has 1 rings (SSSR count). The Morgan fingerprint density at radius 3 is 2.52 bits per heavy atom. The minimum absolute atomic E-state index is 0.108. The highest BCUT2D eigenvalue weighted by atomic mass is 19.4. The first-order chi connectivity index (χ1) is 9.62. The summed E-state index contributed by atoms with van der Waals surface area (Å²) in [5.74, 6) is -0.997. The van der Waals surface area contributed by atoms with E-state index in [4.69, 9.17) is 5.11 Å². The highest BCUT2D eigenvalue weighted by Crippen LogP contribution is 2.38. The number of nitro benzene ring substituents is 1. The Bertz CT molecular complexity index is 546. The van der Waals surface area contributed by atoms with Gasteiger partial charge in [-0.15, -0.1) is 0 Å². The Morgan fingerprint density at radius 1 is 1.43 bits per heavy atom. The van der Waals surface area contributed by atoms with Crippen LogP contribution < -0.4 is 4.90 Å². The number of hydrogen-bond donors (Lipinski definition) is 1. The smallest absolute Gasteiger partial charge is 0.423 e. The van der Waals surface area contributed by atoms with Crippen molar-refractivity contribution in [1.29, 1.82) is 0 Å². The number of carbonyl (C=O) groups is 1. The summed E-state index contributed by atoms with van der Waals surface area (Å²) < 4.78 is 38.4. The van der Waals surface area contributed by atoms with Gasteiger partial charge in [0.05, 0.1) is 4.92 Å². The summed E-state index contributed by atoms with van der Waals surface area (Å²) in [6.07, 6.45) is -4.69. The normalized spacial score (nSPS) is 11.2. The molecule has 0 aliphatic carbocycles. The van der Waals surface area contributed by atoms with E-state index in [1.807, 2.05) is 0 Å². The van der Waals surface area contributed by atoms with Crippen LogP contribution in [-0.4, -0.2) is 29.6 Å². The predicted octanol–water partition coefficient (Wildman–Crippen LogP) is 2.91. The minimum atomic E-state index is -4.83. The van der Waals surface area contributed by atoms with Crippen LogP contribution in [0.3, 0.4) is 0 Å². The molecule has 1 N–H and O–H groups in total. The van der Waals surface area contributed by atoms with Gasteiger partial charge in [-0.3, -0.25) is 14.9 Å². The third kappa shape index (κ3) is 4.62. The van der Waals surface area contributed by atoms with E-state index in [0.717, 1.165) is 6.07 Å². The van der Waals surface area contributed by atoms with Crippen molar-refractivity contribution in [3.8, 4) is 0 Å². The Labute approximate surface area is 117 Å². The summed E-state index contributed by atoms with van der Waals surface area (Å²) in [6, 6.07) is 2.69. The third-order valence-corrected chi connectivity index (χ3v) is 2.81. The summed E-state index contributed by atoms with van der Waals surface area (Å²) in [7, 11) is 1.49. The molecule has 0 saturated heterocycles. The molecule has 0 aliphatic rings. The molecular formula is C12H13F3N2O4. The summed E-state index contributed by atoms with van der Waals surface area (Å²) in [5, 5.41) is 19.1. The number of nitro groups is 1. The Morgan fingerprint density at radius 2 is 2.05 bits per heavy atom. The lowest BCUT2D eigenvalue weighted by Crippen LogP contribution is -2.20. The van der Waals surface area contributed by atoms with E-state index in [2.05, 4.69) is 0 Å². The SMILES string of the molecule is CN(CCCC(=O)O)c1ccc([N+](=O)[O-])c(C(F)(F)F)c1. The predicted molar refractivity (Wildman–Crippen MR) is 68.2 cm³/mol. The molecule has 0 atom stereocenters. The maximum absolute atomic E-state index is 12.8. The molecular weight excluding hydrogens is 293 g/mol. The van der Waals surface area contributed by atoms with Crippen molar-refractivity contribution >= 4 is 17.3 Å². The number of alkyl halides is 3. The van der Waals surface area contributed by atoms with Crippen LogP contribution >= 0.6 is 0 Å². The zero-order chi connectivity index (χ0) is 16.2. The van der Waals surface area contributed by atoms with Gasteiger partial charge in [-0.1, -0.05) is 0 Å². The molecule has 0 amide bonds. The number of benzene rings is 1. The molecule has 0 heterocycles. The lowest BCUT2D eigenvalue weighted by atomic mass is 10.1. The lowest BCUT2D eigenvalue weighted by molar-refractivity contribution is -0.388. The van der Waals surface area contributed by atoms with Crippen molar-refractivity contribution in [2.45, 2.75) is 19.0 Å². The second-order valence-corrected chi connectivity index (χ2v) is 4.38. The molecule has 0 radical (unpaired) electrons. The van der Waals surface area contributed by atoms with E-state index >= 15 is 0 Å². The van der Waals surface area contributed by atoms with Gasteiger partial charge in [0.2, 0.25) is 0 Å². The number of aliphatic carboxylic acids is 1. The van der Waals surface area contributed by atoms with Crippen LogP contribution in [0.25, 0.3) is 0 Å². The summed E-state index contributed by atoms with van der Waals surface area (Å²) in [6.45, 7) is 0.224. The second-order valence-electron chi connectivity index (χ2n) is 4.38. The number of carboxylic acids is 1. The van der Waals surface area contributed by atoms with Crippen LogP contribution in [-0.2, 0) is 11.0 Å². The van der Waals surface area contributed by atoms with Gasteiger partial charge < -0.3 is 10.0 Å². The van der Waals surface area contributed by atoms with Gasteiger partial charge in [0, 0.05) is 31.8 Å². The van der Waals surface area contributed by atoms with Gasteiger partial charge in [0.25, 0.3) is 5.69 Å². The summed E-state index contributed by atoms with van der Waals surface area (Å²) in [5.41, 5.74) is -2.20. The maximum atomic E-state index is 12.8. The molecule has 0 aliphatic heterocycles. The minimum Gasteiger partial charge on any atom is -0.481 e. The standard InChI is InChI=1S/C12H13F3N2O4/c1-16(6-2-3-11(18)19)8-4-5-10(17(20)21)9(7-8)12(13,14)15/h4-5,7H,2-3,6H2,1H3,(H,18,19). The zero-order valence-corrected chi connectivity index (χ0v) is 11.1. The molecule has 21 heavy (non-hydrogen) atoms. The van der Waals surface area contributed by atoms with Crippen LogP contribution in [0, 0.1) is 10.1 Å². The van der Waals surface area contributed by atoms with Crippen molar-refractivity contribution in [1.82, 2.24) is 0 Å². The average Bonchev–Trinajstić information content (AvgIpc) is 2.36. The van der Waals surface area contributed by atoms with Crippen LogP contribution in [0.5, 0.6) is 0 Å². The number of nitrogens with zero attached hydrogens (tertiary/aromatic N) is 2. The monoisotopic (exact) mass is 306 g/mol. The van der Waals surface area contributed by atoms with E-state index in [1.54, 1.807) is 0 Å². The molecule has 0 bridgehead atoms. The van der Waals surface area contributed by atoms with Crippen molar-refractivity contribution in [3.05, 3.63) is 33.9 Å². The van der Waals surface area contributed by atoms with E-state index in [0.29, 0.717) is 6.07 Å². The first kappa shape index (κ1) is 16.7. The second kappa shape index (κ2) is 6.42. The van der Waals surface area contributed by atoms with Gasteiger partial charge in [0.15, 0.2) is 0 Å². The molecule has 0 fully saturated rings. The van der Waals surface area contributed by atoms with Crippen molar-refractivity contribution in [3.63, 3.8) is 0 Å². The molecule has 116 valence electrons. The topological polar surface area (TPSA) is 83.7 Å². The largest absolute Gasteiger partial charge is 0.481 e. The van der Waals surface area contributed by atoms with Gasteiger partial charge in [-0.05, 0) is 18.6 Å². The summed E-state index contributed by atoms with van der Waals surface area (Å²) >= 11 is 0. The Balaban J connectivity index is 2.99. The number of anilines is 1. The molecule has 1 aromatic carbocycles. The van der Waals surface area contributed by atoms with Crippen molar-refractivity contribution in [2.75, 3.05) is 18.5 Å². The van der Waals surface area contributed by atoms with Crippen LogP contribution in [0.4, 0.5) is 24.5 Å². The van der Waals surface area contributed by atoms with E-state index < -0.39 is 28.3 Å². The lowest BCUT2D eigenvalue weighted by Gasteiger charge is -2.20. The molecule has 0 spiro atoms. The fraction of sp³-hybridized carbons (Fsp3) is 0.417. The van der Waals surface area contributed by atoms with Crippen LogP contribution in [0.1, 0.15) is 18.4 Å². The molecule has 0 unspecified atom stereocenters. The van der Waals surface area contributed by atoms with Gasteiger partial charge in [-0.25, -0.2) is 0 Å². The van der Waals surface area contributed by atoms with Gasteiger partial charge in [-0.2, -0.15) is 13.2 Å². The molecule has 1 aromatic rings.